The Balaban J connectivity index is 1.72. The summed E-state index contributed by atoms with van der Waals surface area (Å²) in [5.74, 6) is 1.36. The number of hydrogen-bond acceptors (Lipinski definition) is 6. The van der Waals surface area contributed by atoms with E-state index in [4.69, 9.17) is 14.2 Å². The van der Waals surface area contributed by atoms with Crippen LogP contribution in [-0.4, -0.2) is 47.6 Å². The maximum atomic E-state index is 14.0. The number of rotatable bonds is 11. The first-order chi connectivity index (χ1) is 19.3. The second kappa shape index (κ2) is 12.6. The molecule has 4 aromatic rings. The van der Waals surface area contributed by atoms with Gasteiger partial charge in [-0.25, -0.2) is 8.42 Å². The van der Waals surface area contributed by atoms with Crippen molar-refractivity contribution in [2.24, 2.45) is 0 Å². The molecule has 1 amide bonds. The predicted molar refractivity (Wildman–Crippen MR) is 155 cm³/mol. The molecule has 0 saturated heterocycles. The number of sulfonamides is 1. The fourth-order valence-electron chi connectivity index (χ4n) is 4.33. The van der Waals surface area contributed by atoms with Crippen LogP contribution in [0.15, 0.2) is 102 Å². The topological polar surface area (TPSA) is 85.4 Å². The summed E-state index contributed by atoms with van der Waals surface area (Å²) < 4.78 is 45.3. The normalized spacial score (nSPS) is 11.0. The summed E-state index contributed by atoms with van der Waals surface area (Å²) >= 11 is 0. The van der Waals surface area contributed by atoms with Gasteiger partial charge in [0.15, 0.2) is 11.5 Å². The van der Waals surface area contributed by atoms with Gasteiger partial charge >= 0.3 is 0 Å². The van der Waals surface area contributed by atoms with Gasteiger partial charge in [0.25, 0.3) is 15.9 Å². The third-order valence-corrected chi connectivity index (χ3v) is 8.21. The smallest absolute Gasteiger partial charge is 0.264 e. The van der Waals surface area contributed by atoms with Crippen LogP contribution in [-0.2, 0) is 23.1 Å². The van der Waals surface area contributed by atoms with Crippen LogP contribution < -0.4 is 18.5 Å². The third kappa shape index (κ3) is 6.21. The Labute approximate surface area is 235 Å². The van der Waals surface area contributed by atoms with Crippen molar-refractivity contribution >= 4 is 21.6 Å². The summed E-state index contributed by atoms with van der Waals surface area (Å²) in [4.78, 5) is 15.4. The molecule has 8 nitrogen and oxygen atoms in total. The monoisotopic (exact) mass is 560 g/mol. The summed E-state index contributed by atoms with van der Waals surface area (Å²) in [6.45, 7) is 0.316. The fourth-order valence-corrected chi connectivity index (χ4v) is 5.80. The van der Waals surface area contributed by atoms with Gasteiger partial charge in [-0.2, -0.15) is 0 Å². The number of ether oxygens (including phenoxy) is 3. The lowest BCUT2D eigenvalue weighted by Crippen LogP contribution is -2.34. The Bertz CT molecular complexity index is 1560. The molecule has 0 aliphatic rings. The highest BCUT2D eigenvalue weighted by atomic mass is 32.2. The van der Waals surface area contributed by atoms with E-state index in [0.717, 1.165) is 11.1 Å². The van der Waals surface area contributed by atoms with Crippen molar-refractivity contribution in [1.82, 2.24) is 4.90 Å². The van der Waals surface area contributed by atoms with Gasteiger partial charge in [0, 0.05) is 13.6 Å². The summed E-state index contributed by atoms with van der Waals surface area (Å²) in [7, 11) is 2.25. The second-order valence-corrected chi connectivity index (χ2v) is 10.9. The molecule has 40 heavy (non-hydrogen) atoms. The van der Waals surface area contributed by atoms with Gasteiger partial charge in [-0.1, -0.05) is 48.5 Å². The van der Waals surface area contributed by atoms with E-state index >= 15 is 0 Å². The molecule has 0 saturated carbocycles. The molecule has 4 aromatic carbocycles. The predicted octanol–water partition coefficient (Wildman–Crippen LogP) is 5.38. The van der Waals surface area contributed by atoms with E-state index in [0.29, 0.717) is 17.2 Å². The lowest BCUT2D eigenvalue weighted by atomic mass is 10.1. The fraction of sp³-hybridized carbons (Fsp3) is 0.194. The van der Waals surface area contributed by atoms with Crippen LogP contribution in [0, 0.1) is 0 Å². The van der Waals surface area contributed by atoms with E-state index < -0.39 is 10.0 Å². The van der Waals surface area contributed by atoms with Crippen molar-refractivity contribution in [2.75, 3.05) is 32.7 Å². The average Bonchev–Trinajstić information content (AvgIpc) is 2.99. The molecule has 0 aromatic heterocycles. The Morgan fingerprint density at radius 1 is 0.700 bits per heavy atom. The molecule has 0 aliphatic carbocycles. The van der Waals surface area contributed by atoms with Gasteiger partial charge in [-0.05, 0) is 59.7 Å². The van der Waals surface area contributed by atoms with E-state index in [1.54, 1.807) is 68.6 Å². The van der Waals surface area contributed by atoms with E-state index in [9.17, 15) is 13.2 Å². The number of para-hydroxylation sites is 1. The second-order valence-electron chi connectivity index (χ2n) is 9.04. The van der Waals surface area contributed by atoms with Gasteiger partial charge in [-0.15, -0.1) is 0 Å². The van der Waals surface area contributed by atoms with Gasteiger partial charge in [0.05, 0.1) is 44.0 Å². The van der Waals surface area contributed by atoms with Gasteiger partial charge in [0.1, 0.15) is 5.75 Å². The van der Waals surface area contributed by atoms with Crippen LogP contribution >= 0.6 is 0 Å². The Kier molecular flexibility index (Phi) is 8.96. The Morgan fingerprint density at radius 3 is 2.00 bits per heavy atom. The molecule has 0 N–H and O–H groups in total. The number of nitrogens with zero attached hydrogens (tertiary/aromatic N) is 2. The van der Waals surface area contributed by atoms with E-state index in [1.807, 2.05) is 42.5 Å². The van der Waals surface area contributed by atoms with E-state index in [-0.39, 0.29) is 35.1 Å². The molecule has 208 valence electrons. The van der Waals surface area contributed by atoms with Crippen LogP contribution in [0.2, 0.25) is 0 Å². The minimum Gasteiger partial charge on any atom is -0.497 e. The highest BCUT2D eigenvalue weighted by Crippen LogP contribution is 2.32. The maximum absolute atomic E-state index is 14.0. The summed E-state index contributed by atoms with van der Waals surface area (Å²) in [5.41, 5.74) is 2.16. The van der Waals surface area contributed by atoms with Gasteiger partial charge in [0.2, 0.25) is 0 Å². The number of hydrogen-bond donors (Lipinski definition) is 0. The molecule has 0 spiro atoms. The molecule has 0 aliphatic heterocycles. The van der Waals surface area contributed by atoms with Gasteiger partial charge < -0.3 is 19.1 Å². The van der Waals surface area contributed by atoms with Crippen molar-refractivity contribution < 1.29 is 27.4 Å². The molecule has 0 atom stereocenters. The first kappa shape index (κ1) is 28.5. The number of amides is 1. The molecule has 0 bridgehead atoms. The molecule has 0 heterocycles. The van der Waals surface area contributed by atoms with Crippen LogP contribution in [0.4, 0.5) is 5.69 Å². The zero-order chi connectivity index (χ0) is 28.7. The standard InChI is InChI=1S/C31H32N2O6S/c1-32(21-24-14-19-29(38-3)30(20-24)39-4)31(34)27-12-8-9-13-28(27)33(22-23-10-6-5-7-11-23)40(35,36)26-17-15-25(37-2)16-18-26/h5-20H,21-22H2,1-4H3. The van der Waals surface area contributed by atoms with E-state index in [2.05, 4.69) is 0 Å². The molecule has 9 heteroatoms. The zero-order valence-electron chi connectivity index (χ0n) is 22.9. The van der Waals surface area contributed by atoms with Crippen LogP contribution in [0.5, 0.6) is 17.2 Å². The molecule has 0 fully saturated rings. The van der Waals surface area contributed by atoms with Crippen LogP contribution in [0.3, 0.4) is 0 Å². The molecular formula is C31H32N2O6S. The van der Waals surface area contributed by atoms with Crippen LogP contribution in [0.25, 0.3) is 0 Å². The van der Waals surface area contributed by atoms with Crippen molar-refractivity contribution in [3.8, 4) is 17.2 Å². The highest BCUT2D eigenvalue weighted by molar-refractivity contribution is 7.92. The third-order valence-electron chi connectivity index (χ3n) is 6.43. The van der Waals surface area contributed by atoms with Gasteiger partial charge in [-0.3, -0.25) is 9.10 Å². The SMILES string of the molecule is COc1ccc(S(=O)(=O)N(Cc2ccccc2)c2ccccc2C(=O)N(C)Cc2ccc(OC)c(OC)c2)cc1. The zero-order valence-corrected chi connectivity index (χ0v) is 23.7. The van der Waals surface area contributed by atoms with E-state index in [1.165, 1.54) is 23.5 Å². The highest BCUT2D eigenvalue weighted by Gasteiger charge is 2.29. The number of carbonyl (C=O) groups excluding carboxylic acids is 1. The molecule has 0 radical (unpaired) electrons. The first-order valence-electron chi connectivity index (χ1n) is 12.5. The van der Waals surface area contributed by atoms with Crippen molar-refractivity contribution in [3.63, 3.8) is 0 Å². The molecule has 0 unspecified atom stereocenters. The molecular weight excluding hydrogens is 528 g/mol. The van der Waals surface area contributed by atoms with Crippen molar-refractivity contribution in [3.05, 3.63) is 114 Å². The maximum Gasteiger partial charge on any atom is 0.264 e. The summed E-state index contributed by atoms with van der Waals surface area (Å²) in [6.07, 6.45) is 0. The largest absolute Gasteiger partial charge is 0.497 e. The first-order valence-corrected chi connectivity index (χ1v) is 14.0. The number of methoxy groups -OCH3 is 3. The lowest BCUT2D eigenvalue weighted by molar-refractivity contribution is 0.0785. The minimum atomic E-state index is -4.06. The number of benzene rings is 4. The Hall–Kier alpha value is -4.50. The van der Waals surface area contributed by atoms with Crippen molar-refractivity contribution in [1.29, 1.82) is 0 Å². The average molecular weight is 561 g/mol. The van der Waals surface area contributed by atoms with Crippen LogP contribution in [0.1, 0.15) is 21.5 Å². The summed E-state index contributed by atoms with van der Waals surface area (Å²) in [5, 5.41) is 0. The summed E-state index contributed by atoms with van der Waals surface area (Å²) in [6, 6.07) is 27.7. The number of carbonyl (C=O) groups is 1. The Morgan fingerprint density at radius 2 is 1.35 bits per heavy atom. The quantitative estimate of drug-likeness (QED) is 0.245. The lowest BCUT2D eigenvalue weighted by Gasteiger charge is -2.28. The van der Waals surface area contributed by atoms with Crippen molar-refractivity contribution in [2.45, 2.75) is 18.0 Å². The molecule has 4 rings (SSSR count). The number of anilines is 1. The minimum absolute atomic E-state index is 0.0406.